The molecule has 0 fully saturated rings. The highest BCUT2D eigenvalue weighted by Crippen LogP contribution is 2.45. The van der Waals surface area contributed by atoms with Crippen LogP contribution in [0.25, 0.3) is 0 Å². The van der Waals surface area contributed by atoms with Gasteiger partial charge < -0.3 is 19.3 Å². The van der Waals surface area contributed by atoms with Gasteiger partial charge in [0.2, 0.25) is 0 Å². The summed E-state index contributed by atoms with van der Waals surface area (Å²) in [7, 11) is 3.52. The minimum atomic E-state index is -0.312. The Morgan fingerprint density at radius 1 is 0.541 bits per heavy atom. The predicted octanol–water partition coefficient (Wildman–Crippen LogP) is 8.55. The van der Waals surface area contributed by atoms with Crippen LogP contribution in [0.3, 0.4) is 0 Å². The summed E-state index contributed by atoms with van der Waals surface area (Å²) >= 11 is 0. The summed E-state index contributed by atoms with van der Waals surface area (Å²) in [5, 5.41) is 0. The second kappa shape index (κ2) is 15.2. The van der Waals surface area contributed by atoms with Crippen LogP contribution in [0, 0.1) is 0 Å². The Balaban J connectivity index is 1.52. The molecule has 2 aliphatic heterocycles. The molecule has 0 spiro atoms. The van der Waals surface area contributed by atoms with Gasteiger partial charge in [0.05, 0.1) is 13.1 Å². The maximum absolute atomic E-state index is 12.5. The molecule has 1 aromatic rings. The minimum Gasteiger partial charge on any atom is -0.410 e. The van der Waals surface area contributed by atoms with Crippen molar-refractivity contribution in [1.29, 1.82) is 0 Å². The van der Waals surface area contributed by atoms with E-state index in [2.05, 4.69) is 13.8 Å². The van der Waals surface area contributed by atoms with Crippen molar-refractivity contribution >= 4 is 12.2 Å². The molecule has 0 unspecified atom stereocenters. The number of ether oxygens (including phenoxy) is 2. The number of fused-ring (bicyclic) bond motifs is 2. The summed E-state index contributed by atoms with van der Waals surface area (Å²) < 4.78 is 11.7. The number of nitrogens with zero attached hydrogens (tertiary/aromatic N) is 2. The average molecular weight is 515 g/mol. The van der Waals surface area contributed by atoms with Crippen molar-refractivity contribution in [3.63, 3.8) is 0 Å². The maximum Gasteiger partial charge on any atom is 0.415 e. The van der Waals surface area contributed by atoms with E-state index in [1.807, 2.05) is 0 Å². The van der Waals surface area contributed by atoms with E-state index in [-0.39, 0.29) is 12.2 Å². The quantitative estimate of drug-likeness (QED) is 0.195. The molecule has 2 heterocycles. The molecule has 2 aliphatic rings. The fourth-order valence-corrected chi connectivity index (χ4v) is 5.70. The maximum atomic E-state index is 12.5. The van der Waals surface area contributed by atoms with Crippen LogP contribution < -0.4 is 9.47 Å². The zero-order valence-electron chi connectivity index (χ0n) is 24.0. The number of carbonyl (C=O) groups excluding carboxylic acids is 2. The number of amides is 2. The van der Waals surface area contributed by atoms with E-state index in [1.165, 1.54) is 83.5 Å². The molecule has 2 amide bonds. The van der Waals surface area contributed by atoms with Crippen molar-refractivity contribution < 1.29 is 19.1 Å². The van der Waals surface area contributed by atoms with E-state index in [4.69, 9.17) is 9.47 Å². The standard InChI is InChI=1S/C31H50N2O4/c1-5-7-8-9-10-11-12-13-14-15-16-17-18-19-21-25-27-23-33(4)30(34)36-28(27)24(20-6-2)26-22-32(3)31(35)37-29(25)26/h5-23H2,1-4H3. The van der Waals surface area contributed by atoms with Gasteiger partial charge in [-0.05, 0) is 19.3 Å². The van der Waals surface area contributed by atoms with E-state index < -0.39 is 0 Å². The van der Waals surface area contributed by atoms with Gasteiger partial charge in [-0.15, -0.1) is 0 Å². The average Bonchev–Trinajstić information content (AvgIpc) is 2.88. The van der Waals surface area contributed by atoms with Crippen LogP contribution in [0.4, 0.5) is 9.59 Å². The van der Waals surface area contributed by atoms with Gasteiger partial charge in [0.25, 0.3) is 0 Å². The van der Waals surface area contributed by atoms with Crippen molar-refractivity contribution in [2.24, 2.45) is 0 Å². The molecule has 0 atom stereocenters. The van der Waals surface area contributed by atoms with Gasteiger partial charge in [0, 0.05) is 36.3 Å². The van der Waals surface area contributed by atoms with Crippen molar-refractivity contribution in [2.75, 3.05) is 14.1 Å². The molecule has 208 valence electrons. The van der Waals surface area contributed by atoms with Crippen LogP contribution in [-0.4, -0.2) is 36.1 Å². The molecule has 6 nitrogen and oxygen atoms in total. The first-order valence-electron chi connectivity index (χ1n) is 15.0. The summed E-state index contributed by atoms with van der Waals surface area (Å²) in [4.78, 5) is 28.1. The molecular weight excluding hydrogens is 464 g/mol. The molecule has 0 radical (unpaired) electrons. The first-order chi connectivity index (χ1) is 18.0. The highest BCUT2D eigenvalue weighted by Gasteiger charge is 2.35. The molecule has 0 saturated carbocycles. The lowest BCUT2D eigenvalue weighted by Gasteiger charge is -2.34. The molecule has 0 aromatic heterocycles. The van der Waals surface area contributed by atoms with Crippen molar-refractivity contribution in [1.82, 2.24) is 9.80 Å². The molecule has 0 bridgehead atoms. The smallest absolute Gasteiger partial charge is 0.410 e. The molecule has 1 aromatic carbocycles. The second-order valence-corrected chi connectivity index (χ2v) is 11.1. The van der Waals surface area contributed by atoms with Gasteiger partial charge in [-0.1, -0.05) is 104 Å². The zero-order chi connectivity index (χ0) is 26.6. The van der Waals surface area contributed by atoms with Crippen LogP contribution in [0.5, 0.6) is 11.5 Å². The SMILES string of the molecule is CCCCCCCCCCCCCCCCc1c2c(c(CCC)c3c1OC(=O)N(C)C3)OC(=O)N(C)C2. The Labute approximate surface area is 225 Å². The van der Waals surface area contributed by atoms with Crippen molar-refractivity contribution in [3.05, 3.63) is 22.3 Å². The molecular formula is C31H50N2O4. The molecule has 6 heteroatoms. The zero-order valence-corrected chi connectivity index (χ0v) is 24.0. The van der Waals surface area contributed by atoms with Crippen LogP contribution in [-0.2, 0) is 25.9 Å². The van der Waals surface area contributed by atoms with E-state index >= 15 is 0 Å². The largest absolute Gasteiger partial charge is 0.415 e. The van der Waals surface area contributed by atoms with Crippen LogP contribution >= 0.6 is 0 Å². The Morgan fingerprint density at radius 2 is 0.919 bits per heavy atom. The summed E-state index contributed by atoms with van der Waals surface area (Å²) in [5.41, 5.74) is 4.12. The highest BCUT2D eigenvalue weighted by molar-refractivity contribution is 5.79. The first kappa shape index (κ1) is 29.3. The number of carbonyl (C=O) groups is 2. The Kier molecular flexibility index (Phi) is 12.1. The van der Waals surface area contributed by atoms with Gasteiger partial charge >= 0.3 is 12.2 Å². The molecule has 0 saturated heterocycles. The number of benzene rings is 1. The minimum absolute atomic E-state index is 0.307. The van der Waals surface area contributed by atoms with Gasteiger partial charge in [-0.3, -0.25) is 0 Å². The normalized spacial score (nSPS) is 14.9. The van der Waals surface area contributed by atoms with Gasteiger partial charge in [0.15, 0.2) is 0 Å². The molecule has 37 heavy (non-hydrogen) atoms. The second-order valence-electron chi connectivity index (χ2n) is 11.1. The third kappa shape index (κ3) is 8.12. The lowest BCUT2D eigenvalue weighted by molar-refractivity contribution is 0.143. The van der Waals surface area contributed by atoms with Crippen LogP contribution in [0.2, 0.25) is 0 Å². The molecule has 0 aliphatic carbocycles. The van der Waals surface area contributed by atoms with Crippen molar-refractivity contribution in [3.8, 4) is 11.5 Å². The number of hydrogen-bond acceptors (Lipinski definition) is 4. The van der Waals surface area contributed by atoms with Crippen LogP contribution in [0.1, 0.15) is 132 Å². The van der Waals surface area contributed by atoms with E-state index in [9.17, 15) is 9.59 Å². The number of rotatable bonds is 17. The Hall–Kier alpha value is -2.24. The molecule has 0 N–H and O–H groups in total. The number of hydrogen-bond donors (Lipinski definition) is 0. The lowest BCUT2D eigenvalue weighted by Crippen LogP contribution is -2.38. The van der Waals surface area contributed by atoms with E-state index in [0.29, 0.717) is 13.1 Å². The summed E-state index contributed by atoms with van der Waals surface area (Å²) in [6.45, 7) is 5.39. The topological polar surface area (TPSA) is 59.1 Å². The monoisotopic (exact) mass is 514 g/mol. The summed E-state index contributed by atoms with van der Waals surface area (Å²) in [5.74, 6) is 1.45. The van der Waals surface area contributed by atoms with E-state index in [0.717, 1.165) is 59.4 Å². The van der Waals surface area contributed by atoms with Gasteiger partial charge in [-0.25, -0.2) is 9.59 Å². The van der Waals surface area contributed by atoms with E-state index in [1.54, 1.807) is 23.9 Å². The fourth-order valence-electron chi connectivity index (χ4n) is 5.70. The molecule has 3 rings (SSSR count). The highest BCUT2D eigenvalue weighted by atomic mass is 16.6. The third-order valence-electron chi connectivity index (χ3n) is 7.90. The lowest BCUT2D eigenvalue weighted by atomic mass is 9.88. The number of unbranched alkanes of at least 4 members (excludes halogenated alkanes) is 13. The van der Waals surface area contributed by atoms with Gasteiger partial charge in [0.1, 0.15) is 11.5 Å². The predicted molar refractivity (Wildman–Crippen MR) is 149 cm³/mol. The fraction of sp³-hybridized carbons (Fsp3) is 0.742. The Morgan fingerprint density at radius 3 is 1.32 bits per heavy atom. The van der Waals surface area contributed by atoms with Crippen LogP contribution in [0.15, 0.2) is 0 Å². The third-order valence-corrected chi connectivity index (χ3v) is 7.90. The van der Waals surface area contributed by atoms with Gasteiger partial charge in [-0.2, -0.15) is 0 Å². The first-order valence-corrected chi connectivity index (χ1v) is 15.0. The van der Waals surface area contributed by atoms with Crippen molar-refractivity contribution in [2.45, 2.75) is 136 Å². The Bertz CT molecular complexity index is 898. The summed E-state index contributed by atoms with van der Waals surface area (Å²) in [6.07, 6.45) is 20.5. The summed E-state index contributed by atoms with van der Waals surface area (Å²) in [6, 6.07) is 0.